The quantitative estimate of drug-likeness (QED) is 0.595. The van der Waals surface area contributed by atoms with Gasteiger partial charge in [0.1, 0.15) is 5.82 Å². The second-order valence-corrected chi connectivity index (χ2v) is 3.95. The van der Waals surface area contributed by atoms with Crippen molar-refractivity contribution in [1.29, 1.82) is 0 Å². The van der Waals surface area contributed by atoms with Gasteiger partial charge in [-0.05, 0) is 24.1 Å². The summed E-state index contributed by atoms with van der Waals surface area (Å²) in [4.78, 5) is 0. The van der Waals surface area contributed by atoms with Crippen molar-refractivity contribution in [2.24, 2.45) is 0 Å². The first kappa shape index (κ1) is 11.9. The predicted octanol–water partition coefficient (Wildman–Crippen LogP) is 3.73. The summed E-state index contributed by atoms with van der Waals surface area (Å²) < 4.78 is 19.4. The highest BCUT2D eigenvalue weighted by Gasteiger charge is 2.10. The third kappa shape index (κ3) is 3.53. The first-order valence-corrected chi connectivity index (χ1v) is 6.23. The lowest BCUT2D eigenvalue weighted by atomic mass is 10.1. The minimum absolute atomic E-state index is 0.0197. The topological polar surface area (TPSA) is 9.23 Å². The molecule has 0 bridgehead atoms. The molecule has 1 aromatic rings. The van der Waals surface area contributed by atoms with Gasteiger partial charge in [-0.3, -0.25) is 0 Å². The van der Waals surface area contributed by atoms with E-state index in [1.807, 2.05) is 6.07 Å². The number of ether oxygens (including phenoxy) is 1. The van der Waals surface area contributed by atoms with E-state index < -0.39 is 0 Å². The van der Waals surface area contributed by atoms with Gasteiger partial charge in [0.2, 0.25) is 0 Å². The van der Waals surface area contributed by atoms with Crippen molar-refractivity contribution in [1.82, 2.24) is 0 Å². The lowest BCUT2D eigenvalue weighted by molar-refractivity contribution is 0.0713. The Bertz CT molecular complexity index is 278. The highest BCUT2D eigenvalue weighted by atomic mass is 127. The Balaban J connectivity index is 2.68. The van der Waals surface area contributed by atoms with E-state index in [9.17, 15) is 4.39 Å². The summed E-state index contributed by atoms with van der Waals surface area (Å²) in [5.41, 5.74) is 0.924. The molecule has 0 spiro atoms. The Labute approximate surface area is 97.8 Å². The van der Waals surface area contributed by atoms with E-state index in [-0.39, 0.29) is 11.9 Å². The van der Waals surface area contributed by atoms with Crippen molar-refractivity contribution >= 4 is 22.6 Å². The Morgan fingerprint density at radius 2 is 2.29 bits per heavy atom. The van der Waals surface area contributed by atoms with Crippen LogP contribution in [-0.4, -0.2) is 11.0 Å². The molecule has 0 aliphatic carbocycles. The summed E-state index contributed by atoms with van der Waals surface area (Å²) in [6, 6.07) is 6.62. The minimum atomic E-state index is -0.197. The molecule has 0 fully saturated rings. The Morgan fingerprint density at radius 1 is 1.50 bits per heavy atom. The molecule has 14 heavy (non-hydrogen) atoms. The first-order chi connectivity index (χ1) is 6.77. The van der Waals surface area contributed by atoms with E-state index in [2.05, 4.69) is 29.5 Å². The van der Waals surface area contributed by atoms with Crippen LogP contribution in [0.2, 0.25) is 0 Å². The van der Waals surface area contributed by atoms with Crippen LogP contribution in [0, 0.1) is 5.82 Å². The second-order valence-electron chi connectivity index (χ2n) is 3.07. The molecule has 0 heterocycles. The minimum Gasteiger partial charge on any atom is -0.373 e. The molecule has 0 N–H and O–H groups in total. The fourth-order valence-electron chi connectivity index (χ4n) is 1.20. The molecular formula is C11H14FIO. The summed E-state index contributed by atoms with van der Waals surface area (Å²) in [5.74, 6) is -0.197. The molecule has 0 aromatic heterocycles. The highest BCUT2D eigenvalue weighted by Crippen LogP contribution is 2.20. The summed E-state index contributed by atoms with van der Waals surface area (Å²) in [7, 11) is 0. The molecule has 0 radical (unpaired) electrons. The van der Waals surface area contributed by atoms with Crippen LogP contribution in [0.25, 0.3) is 0 Å². The molecular weight excluding hydrogens is 294 g/mol. The van der Waals surface area contributed by atoms with Crippen molar-refractivity contribution < 1.29 is 9.13 Å². The number of hydrogen-bond acceptors (Lipinski definition) is 1. The lowest BCUT2D eigenvalue weighted by Gasteiger charge is -2.15. The van der Waals surface area contributed by atoms with Gasteiger partial charge in [0.25, 0.3) is 0 Å². The Morgan fingerprint density at radius 3 is 2.86 bits per heavy atom. The third-order valence-corrected chi connectivity index (χ3v) is 2.68. The smallest absolute Gasteiger partial charge is 0.123 e. The number of rotatable bonds is 5. The highest BCUT2D eigenvalue weighted by molar-refractivity contribution is 14.1. The molecule has 0 aliphatic heterocycles. The van der Waals surface area contributed by atoms with E-state index in [1.54, 1.807) is 12.1 Å². The van der Waals surface area contributed by atoms with Crippen LogP contribution in [0.15, 0.2) is 24.3 Å². The molecule has 0 saturated heterocycles. The SMILES string of the molecule is CCCOC(CI)c1cccc(F)c1. The van der Waals surface area contributed by atoms with Crippen molar-refractivity contribution in [3.63, 3.8) is 0 Å². The fourth-order valence-corrected chi connectivity index (χ4v) is 1.96. The third-order valence-electron chi connectivity index (χ3n) is 1.88. The predicted molar refractivity (Wildman–Crippen MR) is 64.3 cm³/mol. The van der Waals surface area contributed by atoms with E-state index in [4.69, 9.17) is 4.74 Å². The van der Waals surface area contributed by atoms with Crippen LogP contribution in [0.3, 0.4) is 0 Å². The second kappa shape index (κ2) is 6.35. The van der Waals surface area contributed by atoms with Crippen LogP contribution in [-0.2, 0) is 4.74 Å². The van der Waals surface area contributed by atoms with Crippen LogP contribution >= 0.6 is 22.6 Å². The zero-order valence-corrected chi connectivity index (χ0v) is 10.3. The average Bonchev–Trinajstić information content (AvgIpc) is 2.19. The van der Waals surface area contributed by atoms with Gasteiger partial charge in [-0.1, -0.05) is 41.6 Å². The van der Waals surface area contributed by atoms with Gasteiger partial charge < -0.3 is 4.74 Å². The van der Waals surface area contributed by atoms with Gasteiger partial charge in [-0.15, -0.1) is 0 Å². The fraction of sp³-hybridized carbons (Fsp3) is 0.455. The zero-order chi connectivity index (χ0) is 10.4. The van der Waals surface area contributed by atoms with Crippen LogP contribution < -0.4 is 0 Å². The van der Waals surface area contributed by atoms with Gasteiger partial charge in [0.05, 0.1) is 6.10 Å². The monoisotopic (exact) mass is 308 g/mol. The molecule has 1 rings (SSSR count). The normalized spacial score (nSPS) is 12.8. The van der Waals surface area contributed by atoms with Gasteiger partial charge >= 0.3 is 0 Å². The largest absolute Gasteiger partial charge is 0.373 e. The molecule has 1 aromatic carbocycles. The van der Waals surface area contributed by atoms with E-state index in [0.29, 0.717) is 0 Å². The summed E-state index contributed by atoms with van der Waals surface area (Å²) in [5, 5.41) is 0. The number of hydrogen-bond donors (Lipinski definition) is 0. The Hall–Kier alpha value is -0.160. The molecule has 0 saturated carbocycles. The lowest BCUT2D eigenvalue weighted by Crippen LogP contribution is -2.06. The molecule has 1 unspecified atom stereocenters. The maximum atomic E-state index is 12.9. The number of benzene rings is 1. The molecule has 1 nitrogen and oxygen atoms in total. The van der Waals surface area contributed by atoms with Crippen molar-refractivity contribution in [2.45, 2.75) is 19.4 Å². The van der Waals surface area contributed by atoms with Gasteiger partial charge in [0.15, 0.2) is 0 Å². The summed E-state index contributed by atoms with van der Waals surface area (Å²) in [6.07, 6.45) is 1.01. The number of halogens is 2. The van der Waals surface area contributed by atoms with E-state index >= 15 is 0 Å². The van der Waals surface area contributed by atoms with E-state index in [0.717, 1.165) is 23.0 Å². The summed E-state index contributed by atoms with van der Waals surface area (Å²) in [6.45, 7) is 2.79. The van der Waals surface area contributed by atoms with Crippen LogP contribution in [0.4, 0.5) is 4.39 Å². The standard InChI is InChI=1S/C11H14FIO/c1-2-6-14-11(8-13)9-4-3-5-10(12)7-9/h3-5,7,11H,2,6,8H2,1H3. The molecule has 78 valence electrons. The molecule has 0 amide bonds. The molecule has 1 atom stereocenters. The Kier molecular flexibility index (Phi) is 5.40. The first-order valence-electron chi connectivity index (χ1n) is 4.71. The maximum absolute atomic E-state index is 12.9. The van der Waals surface area contributed by atoms with Crippen LogP contribution in [0.5, 0.6) is 0 Å². The molecule has 3 heteroatoms. The number of alkyl halides is 1. The van der Waals surface area contributed by atoms with Gasteiger partial charge in [-0.25, -0.2) is 4.39 Å². The van der Waals surface area contributed by atoms with Crippen molar-refractivity contribution in [2.75, 3.05) is 11.0 Å². The van der Waals surface area contributed by atoms with Gasteiger partial charge in [-0.2, -0.15) is 0 Å². The van der Waals surface area contributed by atoms with Crippen molar-refractivity contribution in [3.05, 3.63) is 35.6 Å². The summed E-state index contributed by atoms with van der Waals surface area (Å²) >= 11 is 2.26. The maximum Gasteiger partial charge on any atom is 0.123 e. The van der Waals surface area contributed by atoms with Crippen LogP contribution in [0.1, 0.15) is 25.0 Å². The van der Waals surface area contributed by atoms with E-state index in [1.165, 1.54) is 6.07 Å². The average molecular weight is 308 g/mol. The van der Waals surface area contributed by atoms with Crippen molar-refractivity contribution in [3.8, 4) is 0 Å². The zero-order valence-electron chi connectivity index (χ0n) is 8.17. The molecule has 0 aliphatic rings. The van der Waals surface area contributed by atoms with Gasteiger partial charge in [0, 0.05) is 11.0 Å².